The van der Waals surface area contributed by atoms with Gasteiger partial charge in [-0.1, -0.05) is 6.42 Å². The quantitative estimate of drug-likeness (QED) is 0.676. The molecule has 1 heterocycles. The molecule has 0 aliphatic carbocycles. The lowest BCUT2D eigenvalue weighted by Gasteiger charge is -2.23. The maximum absolute atomic E-state index is 11.9. The van der Waals surface area contributed by atoms with E-state index in [2.05, 4.69) is 0 Å². The molecule has 0 aromatic heterocycles. The van der Waals surface area contributed by atoms with Crippen molar-refractivity contribution in [2.45, 2.75) is 45.1 Å². The standard InChI is InChI=1S/C12H22N2O3/c1-9-10(12(16)17)6-8-14(9)11(15)5-3-2-4-7-13/h9-10H,2-8,13H2,1H3,(H,16,17). The van der Waals surface area contributed by atoms with Gasteiger partial charge in [-0.15, -0.1) is 0 Å². The Morgan fingerprint density at radius 1 is 1.35 bits per heavy atom. The van der Waals surface area contributed by atoms with E-state index in [1.54, 1.807) is 4.90 Å². The lowest BCUT2D eigenvalue weighted by molar-refractivity contribution is -0.143. The van der Waals surface area contributed by atoms with Crippen molar-refractivity contribution in [2.75, 3.05) is 13.1 Å². The predicted molar refractivity (Wildman–Crippen MR) is 64.4 cm³/mol. The van der Waals surface area contributed by atoms with Crippen molar-refractivity contribution in [3.63, 3.8) is 0 Å². The lowest BCUT2D eigenvalue weighted by Crippen LogP contribution is -2.37. The van der Waals surface area contributed by atoms with Crippen LogP contribution >= 0.6 is 0 Å². The van der Waals surface area contributed by atoms with E-state index < -0.39 is 11.9 Å². The van der Waals surface area contributed by atoms with Gasteiger partial charge in [-0.25, -0.2) is 0 Å². The highest BCUT2D eigenvalue weighted by Gasteiger charge is 2.37. The van der Waals surface area contributed by atoms with Crippen molar-refractivity contribution in [3.8, 4) is 0 Å². The van der Waals surface area contributed by atoms with Crippen LogP contribution < -0.4 is 5.73 Å². The zero-order valence-electron chi connectivity index (χ0n) is 10.4. The Morgan fingerprint density at radius 2 is 2.06 bits per heavy atom. The van der Waals surface area contributed by atoms with Crippen molar-refractivity contribution in [2.24, 2.45) is 11.7 Å². The van der Waals surface area contributed by atoms with E-state index in [0.29, 0.717) is 25.9 Å². The first-order chi connectivity index (χ1) is 8.07. The van der Waals surface area contributed by atoms with Crippen molar-refractivity contribution in [3.05, 3.63) is 0 Å². The number of aliphatic carboxylic acids is 1. The number of hydrogen-bond donors (Lipinski definition) is 2. The van der Waals surface area contributed by atoms with Crippen LogP contribution in [0.25, 0.3) is 0 Å². The second kappa shape index (κ2) is 6.59. The maximum Gasteiger partial charge on any atom is 0.308 e. The van der Waals surface area contributed by atoms with Crippen LogP contribution in [0.5, 0.6) is 0 Å². The van der Waals surface area contributed by atoms with E-state index in [9.17, 15) is 9.59 Å². The molecule has 1 rings (SSSR count). The molecule has 5 nitrogen and oxygen atoms in total. The minimum absolute atomic E-state index is 0.0817. The number of hydrogen-bond acceptors (Lipinski definition) is 3. The second-order valence-corrected chi connectivity index (χ2v) is 4.66. The van der Waals surface area contributed by atoms with E-state index in [0.717, 1.165) is 19.3 Å². The predicted octanol–water partition coefficient (Wildman–Crippen LogP) is 0.827. The van der Waals surface area contributed by atoms with Gasteiger partial charge < -0.3 is 15.7 Å². The Bertz CT molecular complexity index is 281. The number of rotatable bonds is 6. The van der Waals surface area contributed by atoms with Gasteiger partial charge in [0.15, 0.2) is 0 Å². The fourth-order valence-corrected chi connectivity index (χ4v) is 2.36. The molecule has 0 spiro atoms. The van der Waals surface area contributed by atoms with Crippen LogP contribution in [0.15, 0.2) is 0 Å². The summed E-state index contributed by atoms with van der Waals surface area (Å²) in [7, 11) is 0. The third kappa shape index (κ3) is 3.70. The van der Waals surface area contributed by atoms with E-state index in [4.69, 9.17) is 10.8 Å². The molecular weight excluding hydrogens is 220 g/mol. The van der Waals surface area contributed by atoms with Gasteiger partial charge in [0.05, 0.1) is 5.92 Å². The Hall–Kier alpha value is -1.10. The molecule has 0 aromatic rings. The Morgan fingerprint density at radius 3 is 2.59 bits per heavy atom. The molecule has 98 valence electrons. The number of nitrogens with two attached hydrogens (primary N) is 1. The monoisotopic (exact) mass is 242 g/mol. The van der Waals surface area contributed by atoms with E-state index >= 15 is 0 Å². The smallest absolute Gasteiger partial charge is 0.308 e. The summed E-state index contributed by atoms with van der Waals surface area (Å²) < 4.78 is 0. The van der Waals surface area contributed by atoms with Gasteiger partial charge in [-0.05, 0) is 32.7 Å². The molecule has 17 heavy (non-hydrogen) atoms. The average Bonchev–Trinajstić information content (AvgIpc) is 2.66. The van der Waals surface area contributed by atoms with Crippen LogP contribution in [-0.2, 0) is 9.59 Å². The van der Waals surface area contributed by atoms with Crippen molar-refractivity contribution in [1.29, 1.82) is 0 Å². The number of unbranched alkanes of at least 4 members (excludes halogenated alkanes) is 2. The molecule has 0 saturated carbocycles. The first-order valence-corrected chi connectivity index (χ1v) is 6.30. The molecule has 1 amide bonds. The Balaban J connectivity index is 2.35. The van der Waals surface area contributed by atoms with Crippen LogP contribution in [0, 0.1) is 5.92 Å². The molecule has 1 aliphatic rings. The number of carbonyl (C=O) groups is 2. The van der Waals surface area contributed by atoms with Crippen LogP contribution in [0.1, 0.15) is 39.0 Å². The number of carboxylic acids is 1. The molecule has 3 N–H and O–H groups in total. The molecule has 2 atom stereocenters. The van der Waals surface area contributed by atoms with Crippen LogP contribution in [0.4, 0.5) is 0 Å². The number of carboxylic acid groups (broad SMARTS) is 1. The molecule has 0 aromatic carbocycles. The molecule has 2 unspecified atom stereocenters. The van der Waals surface area contributed by atoms with Crippen molar-refractivity contribution >= 4 is 11.9 Å². The van der Waals surface area contributed by atoms with E-state index in [1.807, 2.05) is 6.92 Å². The van der Waals surface area contributed by atoms with Gasteiger partial charge in [-0.3, -0.25) is 9.59 Å². The summed E-state index contributed by atoms with van der Waals surface area (Å²) in [6.07, 6.45) is 3.84. The summed E-state index contributed by atoms with van der Waals surface area (Å²) >= 11 is 0. The second-order valence-electron chi connectivity index (χ2n) is 4.66. The third-order valence-electron chi connectivity index (χ3n) is 3.49. The highest BCUT2D eigenvalue weighted by molar-refractivity contribution is 5.79. The van der Waals surface area contributed by atoms with Gasteiger partial charge in [0.2, 0.25) is 5.91 Å². The zero-order valence-corrected chi connectivity index (χ0v) is 10.4. The summed E-state index contributed by atoms with van der Waals surface area (Å²) in [4.78, 5) is 24.5. The molecule has 1 aliphatic heterocycles. The van der Waals surface area contributed by atoms with Crippen LogP contribution in [-0.4, -0.2) is 41.0 Å². The van der Waals surface area contributed by atoms with Gasteiger partial charge in [0.1, 0.15) is 0 Å². The highest BCUT2D eigenvalue weighted by Crippen LogP contribution is 2.25. The van der Waals surface area contributed by atoms with Crippen LogP contribution in [0.2, 0.25) is 0 Å². The molecule has 0 bridgehead atoms. The summed E-state index contributed by atoms with van der Waals surface area (Å²) in [5, 5.41) is 8.98. The highest BCUT2D eigenvalue weighted by atomic mass is 16.4. The molecule has 5 heteroatoms. The minimum Gasteiger partial charge on any atom is -0.481 e. The summed E-state index contributed by atoms with van der Waals surface area (Å²) in [5.41, 5.74) is 5.38. The molecule has 0 radical (unpaired) electrons. The number of nitrogens with zero attached hydrogens (tertiary/aromatic N) is 1. The largest absolute Gasteiger partial charge is 0.481 e. The molecule has 1 saturated heterocycles. The summed E-state index contributed by atoms with van der Waals surface area (Å²) in [5.74, 6) is -1.11. The first kappa shape index (κ1) is 14.0. The Kier molecular flexibility index (Phi) is 5.41. The minimum atomic E-state index is -0.795. The average molecular weight is 242 g/mol. The number of amides is 1. The SMILES string of the molecule is CC1C(C(=O)O)CCN1C(=O)CCCCCN. The molecular formula is C12H22N2O3. The van der Waals surface area contributed by atoms with Crippen molar-refractivity contribution in [1.82, 2.24) is 4.90 Å². The number of carbonyl (C=O) groups excluding carboxylic acids is 1. The Labute approximate surface area is 102 Å². The fraction of sp³-hybridized carbons (Fsp3) is 0.833. The number of likely N-dealkylation sites (tertiary alicyclic amines) is 1. The first-order valence-electron chi connectivity index (χ1n) is 6.30. The zero-order chi connectivity index (χ0) is 12.8. The fourth-order valence-electron chi connectivity index (χ4n) is 2.36. The van der Waals surface area contributed by atoms with Crippen molar-refractivity contribution < 1.29 is 14.7 Å². The van der Waals surface area contributed by atoms with Gasteiger partial charge in [-0.2, -0.15) is 0 Å². The maximum atomic E-state index is 11.9. The lowest BCUT2D eigenvalue weighted by atomic mass is 10.0. The van der Waals surface area contributed by atoms with Gasteiger partial charge in [0, 0.05) is 19.0 Å². The van der Waals surface area contributed by atoms with Gasteiger partial charge >= 0.3 is 5.97 Å². The normalized spacial score (nSPS) is 24.0. The summed E-state index contributed by atoms with van der Waals surface area (Å²) in [6, 6.07) is -0.172. The van der Waals surface area contributed by atoms with Gasteiger partial charge in [0.25, 0.3) is 0 Å². The van der Waals surface area contributed by atoms with E-state index in [1.165, 1.54) is 0 Å². The van der Waals surface area contributed by atoms with Crippen LogP contribution in [0.3, 0.4) is 0 Å². The third-order valence-corrected chi connectivity index (χ3v) is 3.49. The molecule has 1 fully saturated rings. The van der Waals surface area contributed by atoms with E-state index in [-0.39, 0.29) is 11.9 Å². The summed E-state index contributed by atoms with van der Waals surface area (Å²) in [6.45, 7) is 3.06. The topological polar surface area (TPSA) is 83.6 Å².